The van der Waals surface area contributed by atoms with Crippen LogP contribution in [0.15, 0.2) is 67.0 Å². The number of benzene rings is 2. The average molecular weight is 401 g/mol. The van der Waals surface area contributed by atoms with Crippen LogP contribution in [0.2, 0.25) is 0 Å². The van der Waals surface area contributed by atoms with Gasteiger partial charge in [0.05, 0.1) is 5.92 Å². The summed E-state index contributed by atoms with van der Waals surface area (Å²) < 4.78 is 0. The van der Waals surface area contributed by atoms with Crippen molar-refractivity contribution in [3.8, 4) is 11.1 Å². The van der Waals surface area contributed by atoms with Gasteiger partial charge in [0.2, 0.25) is 11.9 Å². The van der Waals surface area contributed by atoms with Crippen LogP contribution in [0.25, 0.3) is 11.1 Å². The highest BCUT2D eigenvalue weighted by atomic mass is 16.2. The van der Waals surface area contributed by atoms with Crippen LogP contribution in [-0.2, 0) is 11.3 Å². The molecule has 1 aliphatic heterocycles. The fourth-order valence-corrected chi connectivity index (χ4v) is 3.99. The fraction of sp³-hybridized carbons (Fsp3) is 0.320. The zero-order valence-corrected chi connectivity index (χ0v) is 17.7. The van der Waals surface area contributed by atoms with Crippen LogP contribution in [0.3, 0.4) is 0 Å². The largest absolute Gasteiger partial charge is 0.341 e. The number of aromatic nitrogens is 2. The van der Waals surface area contributed by atoms with Crippen molar-refractivity contribution in [3.05, 3.63) is 78.1 Å². The minimum atomic E-state index is -0.0205. The quantitative estimate of drug-likeness (QED) is 0.640. The van der Waals surface area contributed by atoms with Gasteiger partial charge in [-0.05, 0) is 30.9 Å². The predicted molar refractivity (Wildman–Crippen MR) is 120 cm³/mol. The summed E-state index contributed by atoms with van der Waals surface area (Å²) in [5, 5.41) is 0. The van der Waals surface area contributed by atoms with Crippen LogP contribution in [0.1, 0.15) is 24.0 Å². The van der Waals surface area contributed by atoms with Crippen molar-refractivity contribution in [1.82, 2.24) is 14.9 Å². The van der Waals surface area contributed by atoms with Gasteiger partial charge in [0.15, 0.2) is 0 Å². The molecule has 5 heteroatoms. The molecule has 1 amide bonds. The van der Waals surface area contributed by atoms with Gasteiger partial charge < -0.3 is 9.80 Å². The lowest BCUT2D eigenvalue weighted by atomic mass is 9.96. The molecule has 2 heterocycles. The van der Waals surface area contributed by atoms with E-state index in [1.807, 2.05) is 42.5 Å². The third-order valence-electron chi connectivity index (χ3n) is 5.72. The monoisotopic (exact) mass is 400 g/mol. The highest BCUT2D eigenvalue weighted by molar-refractivity contribution is 5.79. The van der Waals surface area contributed by atoms with Gasteiger partial charge >= 0.3 is 0 Å². The number of aryl methyl sites for hydroxylation is 1. The first-order chi connectivity index (χ1) is 14.6. The van der Waals surface area contributed by atoms with Crippen LogP contribution in [0, 0.1) is 12.8 Å². The first-order valence-corrected chi connectivity index (χ1v) is 10.5. The Labute approximate surface area is 178 Å². The Morgan fingerprint density at radius 1 is 1.03 bits per heavy atom. The highest BCUT2D eigenvalue weighted by Crippen LogP contribution is 2.24. The number of hydrogen-bond donors (Lipinski definition) is 0. The smallest absolute Gasteiger partial charge is 0.227 e. The Balaban J connectivity index is 1.40. The van der Waals surface area contributed by atoms with E-state index in [9.17, 15) is 4.79 Å². The molecule has 4 rings (SSSR count). The van der Waals surface area contributed by atoms with Crippen molar-refractivity contribution < 1.29 is 4.79 Å². The van der Waals surface area contributed by atoms with Gasteiger partial charge in [0, 0.05) is 44.6 Å². The summed E-state index contributed by atoms with van der Waals surface area (Å²) in [7, 11) is 1.89. The van der Waals surface area contributed by atoms with Gasteiger partial charge in [-0.3, -0.25) is 4.79 Å². The molecule has 0 radical (unpaired) electrons. The molecule has 5 nitrogen and oxygen atoms in total. The number of hydrogen-bond acceptors (Lipinski definition) is 4. The van der Waals surface area contributed by atoms with Crippen LogP contribution in [0.4, 0.5) is 5.95 Å². The molecule has 0 aliphatic carbocycles. The SMILES string of the molecule is Cc1ccc(-c2cnc(N3CCCC(C(=O)N(C)Cc4ccccc4)C3)nc2)cc1. The molecule has 1 aromatic heterocycles. The molecule has 2 aromatic carbocycles. The lowest BCUT2D eigenvalue weighted by Crippen LogP contribution is -2.44. The van der Waals surface area contributed by atoms with E-state index in [2.05, 4.69) is 58.2 Å². The summed E-state index contributed by atoms with van der Waals surface area (Å²) in [6, 6.07) is 18.5. The van der Waals surface area contributed by atoms with E-state index < -0.39 is 0 Å². The summed E-state index contributed by atoms with van der Waals surface area (Å²) in [5.41, 5.74) is 4.50. The second-order valence-electron chi connectivity index (χ2n) is 8.10. The molecule has 1 unspecified atom stereocenters. The standard InChI is InChI=1S/C25H28N4O/c1-19-10-12-21(13-11-19)23-15-26-25(27-16-23)29-14-6-9-22(18-29)24(30)28(2)17-20-7-4-3-5-8-20/h3-5,7-8,10-13,15-16,22H,6,9,14,17-18H2,1-2H3. The van der Waals surface area contributed by atoms with E-state index in [-0.39, 0.29) is 11.8 Å². The summed E-state index contributed by atoms with van der Waals surface area (Å²) in [5.74, 6) is 0.877. The van der Waals surface area contributed by atoms with E-state index in [4.69, 9.17) is 0 Å². The van der Waals surface area contributed by atoms with E-state index in [1.54, 1.807) is 0 Å². The first-order valence-electron chi connectivity index (χ1n) is 10.5. The van der Waals surface area contributed by atoms with Gasteiger partial charge in [0.25, 0.3) is 0 Å². The molecule has 1 aliphatic rings. The number of piperidine rings is 1. The molecule has 30 heavy (non-hydrogen) atoms. The molecule has 1 atom stereocenters. The predicted octanol–water partition coefficient (Wildman–Crippen LogP) is 4.33. The molecule has 3 aromatic rings. The minimum absolute atomic E-state index is 0.0205. The van der Waals surface area contributed by atoms with E-state index in [1.165, 1.54) is 5.56 Å². The second kappa shape index (κ2) is 9.08. The van der Waals surface area contributed by atoms with Crippen molar-refractivity contribution in [2.45, 2.75) is 26.3 Å². The average Bonchev–Trinajstić information content (AvgIpc) is 2.80. The normalized spacial score (nSPS) is 16.3. The van der Waals surface area contributed by atoms with Crippen molar-refractivity contribution in [2.24, 2.45) is 5.92 Å². The van der Waals surface area contributed by atoms with Crippen LogP contribution in [0.5, 0.6) is 0 Å². The number of rotatable bonds is 5. The lowest BCUT2D eigenvalue weighted by molar-refractivity contribution is -0.135. The lowest BCUT2D eigenvalue weighted by Gasteiger charge is -2.34. The molecule has 154 valence electrons. The Hall–Kier alpha value is -3.21. The topological polar surface area (TPSA) is 49.3 Å². The van der Waals surface area contributed by atoms with Gasteiger partial charge in [-0.2, -0.15) is 0 Å². The second-order valence-corrected chi connectivity index (χ2v) is 8.10. The third kappa shape index (κ3) is 4.67. The molecular formula is C25H28N4O. The van der Waals surface area contributed by atoms with E-state index >= 15 is 0 Å². The number of nitrogens with zero attached hydrogens (tertiary/aromatic N) is 4. The molecule has 0 N–H and O–H groups in total. The van der Waals surface area contributed by atoms with Gasteiger partial charge in [-0.1, -0.05) is 60.2 Å². The first kappa shape index (κ1) is 20.1. The minimum Gasteiger partial charge on any atom is -0.341 e. The molecule has 0 bridgehead atoms. The highest BCUT2D eigenvalue weighted by Gasteiger charge is 2.29. The van der Waals surface area contributed by atoms with Gasteiger partial charge in [-0.25, -0.2) is 9.97 Å². The van der Waals surface area contributed by atoms with Gasteiger partial charge in [-0.15, -0.1) is 0 Å². The maximum absolute atomic E-state index is 13.0. The van der Waals surface area contributed by atoms with E-state index in [0.717, 1.165) is 36.1 Å². The summed E-state index contributed by atoms with van der Waals surface area (Å²) in [6.07, 6.45) is 5.63. The zero-order valence-electron chi connectivity index (χ0n) is 17.7. The maximum Gasteiger partial charge on any atom is 0.227 e. The van der Waals surface area contributed by atoms with Gasteiger partial charge in [0.1, 0.15) is 0 Å². The van der Waals surface area contributed by atoms with E-state index in [0.29, 0.717) is 19.0 Å². The Morgan fingerprint density at radius 3 is 2.43 bits per heavy atom. The van der Waals surface area contributed by atoms with Crippen molar-refractivity contribution in [3.63, 3.8) is 0 Å². The molecule has 1 saturated heterocycles. The van der Waals surface area contributed by atoms with Crippen LogP contribution < -0.4 is 4.90 Å². The molecular weight excluding hydrogens is 372 g/mol. The zero-order chi connectivity index (χ0) is 20.9. The van der Waals surface area contributed by atoms with Crippen LogP contribution >= 0.6 is 0 Å². The van der Waals surface area contributed by atoms with Crippen LogP contribution in [-0.4, -0.2) is 40.9 Å². The molecule has 0 saturated carbocycles. The third-order valence-corrected chi connectivity index (χ3v) is 5.72. The summed E-state index contributed by atoms with van der Waals surface area (Å²) >= 11 is 0. The number of carbonyl (C=O) groups is 1. The van der Waals surface area contributed by atoms with Crippen molar-refractivity contribution in [2.75, 3.05) is 25.0 Å². The number of anilines is 1. The number of amides is 1. The number of carbonyl (C=O) groups excluding carboxylic acids is 1. The summed E-state index contributed by atoms with van der Waals surface area (Å²) in [6.45, 7) is 4.27. The molecule has 1 fully saturated rings. The maximum atomic E-state index is 13.0. The summed E-state index contributed by atoms with van der Waals surface area (Å²) in [4.78, 5) is 26.2. The Kier molecular flexibility index (Phi) is 6.07. The Bertz CT molecular complexity index is 970. The Morgan fingerprint density at radius 2 is 1.73 bits per heavy atom. The fourth-order valence-electron chi connectivity index (χ4n) is 3.99. The molecule has 0 spiro atoms. The van der Waals surface area contributed by atoms with Crippen molar-refractivity contribution >= 4 is 11.9 Å². The van der Waals surface area contributed by atoms with Crippen molar-refractivity contribution in [1.29, 1.82) is 0 Å².